The molecule has 0 saturated heterocycles. The van der Waals surface area contributed by atoms with E-state index < -0.39 is 0 Å². The highest BCUT2D eigenvalue weighted by Crippen LogP contribution is 2.57. The molecule has 0 atom stereocenters. The summed E-state index contributed by atoms with van der Waals surface area (Å²) in [5.41, 5.74) is 18.2. The SMILES string of the molecule is CC.Cc1ccccc1-c1cc(-c2c3ccccc3c(-c3ccc(-c4cccc5c4C(C)(C)c4c-5c5ccccc5c5ccccc45)cc3)c3ccccc23)ccc1C. The van der Waals surface area contributed by atoms with Crippen LogP contribution in [-0.4, -0.2) is 0 Å². The fraction of sp³-hybridized carbons (Fsp3) is 0.119. The molecule has 59 heavy (non-hydrogen) atoms. The molecule has 1 aliphatic rings. The summed E-state index contributed by atoms with van der Waals surface area (Å²) in [7, 11) is 0. The third kappa shape index (κ3) is 5.58. The van der Waals surface area contributed by atoms with Crippen molar-refractivity contribution in [2.24, 2.45) is 0 Å². The monoisotopic (exact) mass is 756 g/mol. The van der Waals surface area contributed by atoms with Gasteiger partial charge >= 0.3 is 0 Å². The van der Waals surface area contributed by atoms with Crippen LogP contribution in [-0.2, 0) is 5.41 Å². The topological polar surface area (TPSA) is 0 Å². The van der Waals surface area contributed by atoms with Crippen LogP contribution in [0.3, 0.4) is 0 Å². The van der Waals surface area contributed by atoms with Gasteiger partial charge in [-0.05, 0) is 141 Å². The van der Waals surface area contributed by atoms with E-state index in [4.69, 9.17) is 0 Å². The summed E-state index contributed by atoms with van der Waals surface area (Å²) in [5.74, 6) is 0. The quantitative estimate of drug-likeness (QED) is 0.124. The number of fused-ring (bicyclic) bond motifs is 10. The molecule has 0 bridgehead atoms. The van der Waals surface area contributed by atoms with E-state index >= 15 is 0 Å². The van der Waals surface area contributed by atoms with E-state index in [0.29, 0.717) is 0 Å². The molecule has 10 aromatic carbocycles. The molecule has 0 aromatic heterocycles. The Morgan fingerprint density at radius 1 is 0.288 bits per heavy atom. The molecule has 0 amide bonds. The Kier molecular flexibility index (Phi) is 8.84. The zero-order valence-electron chi connectivity index (χ0n) is 34.8. The first-order valence-corrected chi connectivity index (χ1v) is 21.2. The van der Waals surface area contributed by atoms with Crippen molar-refractivity contribution in [1.82, 2.24) is 0 Å². The number of benzene rings is 10. The van der Waals surface area contributed by atoms with E-state index in [1.807, 2.05) is 13.8 Å². The van der Waals surface area contributed by atoms with Crippen LogP contribution in [0, 0.1) is 13.8 Å². The van der Waals surface area contributed by atoms with Gasteiger partial charge in [0.15, 0.2) is 0 Å². The normalized spacial score (nSPS) is 12.7. The number of hydrogen-bond donors (Lipinski definition) is 0. The molecule has 0 saturated carbocycles. The summed E-state index contributed by atoms with van der Waals surface area (Å²) >= 11 is 0. The highest BCUT2D eigenvalue weighted by atomic mass is 14.4. The van der Waals surface area contributed by atoms with Crippen molar-refractivity contribution in [3.63, 3.8) is 0 Å². The maximum Gasteiger partial charge on any atom is 0.0171 e. The lowest BCUT2D eigenvalue weighted by Gasteiger charge is -2.26. The van der Waals surface area contributed by atoms with Gasteiger partial charge < -0.3 is 0 Å². The molecular formula is C59H48. The summed E-state index contributed by atoms with van der Waals surface area (Å²) in [6.07, 6.45) is 0. The summed E-state index contributed by atoms with van der Waals surface area (Å²) in [6.45, 7) is 13.3. The van der Waals surface area contributed by atoms with Crippen molar-refractivity contribution >= 4 is 43.1 Å². The van der Waals surface area contributed by atoms with Crippen molar-refractivity contribution in [2.45, 2.75) is 47.0 Å². The molecule has 1 aliphatic carbocycles. The van der Waals surface area contributed by atoms with Gasteiger partial charge in [0.1, 0.15) is 0 Å². The summed E-state index contributed by atoms with van der Waals surface area (Å²) in [4.78, 5) is 0. The second kappa shape index (κ2) is 14.3. The zero-order valence-corrected chi connectivity index (χ0v) is 34.8. The van der Waals surface area contributed by atoms with Gasteiger partial charge in [-0.25, -0.2) is 0 Å². The first kappa shape index (κ1) is 36.6. The minimum atomic E-state index is -0.180. The fourth-order valence-corrected chi connectivity index (χ4v) is 10.4. The molecule has 284 valence electrons. The summed E-state index contributed by atoms with van der Waals surface area (Å²) in [5, 5.41) is 10.4. The van der Waals surface area contributed by atoms with Gasteiger partial charge in [-0.1, -0.05) is 204 Å². The van der Waals surface area contributed by atoms with Crippen molar-refractivity contribution in [3.05, 3.63) is 204 Å². The molecule has 0 heterocycles. The standard InChI is InChI=1S/C57H42.C2H6/c1-35-16-5-6-17-40(35)51-34-39(29-28-36(51)2)53-47-23-12-10-21-45(47)52(46-22-11-13-24-48(46)53)38-32-30-37(31-33-38)41-26-15-27-50-54-44-20-9-7-18-42(44)43-19-8-14-25-49(43)56(54)57(3,4)55(41)50;1-2/h5-34H,1-4H3;1-2H3. The van der Waals surface area contributed by atoms with E-state index in [1.54, 1.807) is 0 Å². The molecule has 11 rings (SSSR count). The van der Waals surface area contributed by atoms with E-state index in [9.17, 15) is 0 Å². The van der Waals surface area contributed by atoms with Crippen LogP contribution in [0.1, 0.15) is 49.9 Å². The van der Waals surface area contributed by atoms with Crippen LogP contribution >= 0.6 is 0 Å². The highest BCUT2D eigenvalue weighted by molar-refractivity contribution is 6.22. The van der Waals surface area contributed by atoms with E-state index in [-0.39, 0.29) is 5.41 Å². The average Bonchev–Trinajstić information content (AvgIpc) is 3.54. The maximum atomic E-state index is 2.43. The van der Waals surface area contributed by atoms with Crippen LogP contribution < -0.4 is 0 Å². The van der Waals surface area contributed by atoms with Crippen molar-refractivity contribution < 1.29 is 0 Å². The Bertz CT molecular complexity index is 3210. The van der Waals surface area contributed by atoms with Gasteiger partial charge in [-0.3, -0.25) is 0 Å². The lowest BCUT2D eigenvalue weighted by Crippen LogP contribution is -2.17. The van der Waals surface area contributed by atoms with Crippen LogP contribution in [0.25, 0.3) is 98.7 Å². The first-order valence-electron chi connectivity index (χ1n) is 21.2. The zero-order chi connectivity index (χ0) is 40.4. The van der Waals surface area contributed by atoms with Gasteiger partial charge in [0, 0.05) is 5.41 Å². The molecule has 10 aromatic rings. The van der Waals surface area contributed by atoms with Crippen molar-refractivity contribution in [1.29, 1.82) is 0 Å². The second-order valence-electron chi connectivity index (χ2n) is 16.5. The third-order valence-corrected chi connectivity index (χ3v) is 12.9. The molecule has 0 spiro atoms. The molecule has 0 N–H and O–H groups in total. The summed E-state index contributed by atoms with van der Waals surface area (Å²) in [6, 6.07) is 68.0. The fourth-order valence-electron chi connectivity index (χ4n) is 10.4. The van der Waals surface area contributed by atoms with Crippen LogP contribution in [0.2, 0.25) is 0 Å². The molecular weight excluding hydrogens is 709 g/mol. The molecule has 0 radical (unpaired) electrons. The second-order valence-corrected chi connectivity index (χ2v) is 16.5. The van der Waals surface area contributed by atoms with Gasteiger partial charge in [0.25, 0.3) is 0 Å². The predicted molar refractivity (Wildman–Crippen MR) is 257 cm³/mol. The van der Waals surface area contributed by atoms with Crippen molar-refractivity contribution in [3.8, 4) is 55.6 Å². The van der Waals surface area contributed by atoms with Crippen LogP contribution in [0.5, 0.6) is 0 Å². The first-order chi connectivity index (χ1) is 28.9. The smallest absolute Gasteiger partial charge is 0.0171 e. The molecule has 0 nitrogen and oxygen atoms in total. The molecule has 0 fully saturated rings. The van der Waals surface area contributed by atoms with Crippen LogP contribution in [0.4, 0.5) is 0 Å². The van der Waals surface area contributed by atoms with E-state index in [2.05, 4.69) is 210 Å². The Morgan fingerprint density at radius 2 is 0.695 bits per heavy atom. The Morgan fingerprint density at radius 3 is 1.29 bits per heavy atom. The molecule has 0 aliphatic heterocycles. The van der Waals surface area contributed by atoms with Gasteiger partial charge in [-0.2, -0.15) is 0 Å². The predicted octanol–water partition coefficient (Wildman–Crippen LogP) is 16.9. The number of hydrogen-bond acceptors (Lipinski definition) is 0. The van der Waals surface area contributed by atoms with Gasteiger partial charge in [0.2, 0.25) is 0 Å². The van der Waals surface area contributed by atoms with Crippen molar-refractivity contribution in [2.75, 3.05) is 0 Å². The highest BCUT2D eigenvalue weighted by Gasteiger charge is 2.40. The van der Waals surface area contributed by atoms with E-state index in [0.717, 1.165) is 0 Å². The van der Waals surface area contributed by atoms with Crippen LogP contribution in [0.15, 0.2) is 182 Å². The Balaban J connectivity index is 0.00000207. The van der Waals surface area contributed by atoms with Gasteiger partial charge in [0.05, 0.1) is 0 Å². The Labute approximate surface area is 348 Å². The minimum absolute atomic E-state index is 0.180. The number of rotatable bonds is 4. The largest absolute Gasteiger partial charge is 0.0683 e. The average molecular weight is 757 g/mol. The van der Waals surface area contributed by atoms with E-state index in [1.165, 1.54) is 121 Å². The maximum absolute atomic E-state index is 2.43. The number of aryl methyl sites for hydroxylation is 2. The molecule has 0 heteroatoms. The summed E-state index contributed by atoms with van der Waals surface area (Å²) < 4.78 is 0. The lowest BCUT2D eigenvalue weighted by molar-refractivity contribution is 0.668. The Hall–Kier alpha value is -6.76. The third-order valence-electron chi connectivity index (χ3n) is 12.9. The minimum Gasteiger partial charge on any atom is -0.0683 e. The van der Waals surface area contributed by atoms with Gasteiger partial charge in [-0.15, -0.1) is 0 Å². The lowest BCUT2D eigenvalue weighted by atomic mass is 9.76. The molecule has 0 unspecified atom stereocenters.